The maximum Gasteiger partial charge on any atom is 0.251 e. The minimum Gasteiger partial charge on any atom is -0.497 e. The zero-order valence-electron chi connectivity index (χ0n) is 16.2. The van der Waals surface area contributed by atoms with Crippen molar-refractivity contribution in [3.05, 3.63) is 53.9 Å². The average Bonchev–Trinajstić information content (AvgIpc) is 3.17. The minimum absolute atomic E-state index is 0.193. The van der Waals surface area contributed by atoms with Gasteiger partial charge in [0.2, 0.25) is 5.91 Å². The topological polar surface area (TPSA) is 120 Å². The van der Waals surface area contributed by atoms with E-state index in [4.69, 9.17) is 9.47 Å². The summed E-state index contributed by atoms with van der Waals surface area (Å²) in [5.74, 6) is 0.914. The van der Waals surface area contributed by atoms with Gasteiger partial charge in [-0.2, -0.15) is 4.68 Å². The van der Waals surface area contributed by atoms with E-state index in [0.717, 1.165) is 0 Å². The molecule has 3 aromatic rings. The molecule has 10 heteroatoms. The Kier molecular flexibility index (Phi) is 6.03. The van der Waals surface area contributed by atoms with Gasteiger partial charge >= 0.3 is 0 Å². The molecule has 3 rings (SSSR count). The molecule has 0 saturated carbocycles. The van der Waals surface area contributed by atoms with Gasteiger partial charge in [-0.1, -0.05) is 6.07 Å². The van der Waals surface area contributed by atoms with Crippen molar-refractivity contribution in [1.82, 2.24) is 25.5 Å². The second kappa shape index (κ2) is 8.83. The van der Waals surface area contributed by atoms with Gasteiger partial charge in [0.15, 0.2) is 5.82 Å². The predicted octanol–water partition coefficient (Wildman–Crippen LogP) is 1.36. The van der Waals surface area contributed by atoms with Crippen LogP contribution in [0.4, 0.5) is 5.69 Å². The Morgan fingerprint density at radius 2 is 1.93 bits per heavy atom. The molecule has 0 aliphatic carbocycles. The lowest BCUT2D eigenvalue weighted by molar-refractivity contribution is -0.115. The van der Waals surface area contributed by atoms with Crippen molar-refractivity contribution in [2.45, 2.75) is 6.92 Å². The van der Waals surface area contributed by atoms with E-state index in [2.05, 4.69) is 26.2 Å². The Hall–Kier alpha value is -3.95. The molecule has 0 radical (unpaired) electrons. The van der Waals surface area contributed by atoms with E-state index in [1.165, 1.54) is 18.9 Å². The number of benzene rings is 2. The van der Waals surface area contributed by atoms with E-state index < -0.39 is 0 Å². The van der Waals surface area contributed by atoms with Crippen LogP contribution in [0.1, 0.15) is 16.2 Å². The molecular weight excluding hydrogens is 376 g/mol. The summed E-state index contributed by atoms with van der Waals surface area (Å²) in [5, 5.41) is 16.7. The van der Waals surface area contributed by atoms with Crippen LogP contribution in [0, 0.1) is 6.92 Å². The number of rotatable bonds is 7. The highest BCUT2D eigenvalue weighted by molar-refractivity contribution is 5.99. The minimum atomic E-state index is -0.384. The molecule has 0 unspecified atom stereocenters. The summed E-state index contributed by atoms with van der Waals surface area (Å²) in [7, 11) is 3.05. The van der Waals surface area contributed by atoms with Crippen LogP contribution in [0.2, 0.25) is 0 Å². The third-order valence-corrected chi connectivity index (χ3v) is 4.06. The van der Waals surface area contributed by atoms with Crippen molar-refractivity contribution in [3.8, 4) is 17.2 Å². The number of nitrogens with one attached hydrogen (secondary N) is 2. The molecule has 0 aliphatic rings. The van der Waals surface area contributed by atoms with Gasteiger partial charge in [0.05, 0.1) is 20.8 Å². The first kappa shape index (κ1) is 19.8. The van der Waals surface area contributed by atoms with Crippen molar-refractivity contribution in [1.29, 1.82) is 0 Å². The number of methoxy groups -OCH3 is 2. The van der Waals surface area contributed by atoms with Crippen molar-refractivity contribution in [2.24, 2.45) is 0 Å². The third-order valence-electron chi connectivity index (χ3n) is 4.06. The van der Waals surface area contributed by atoms with E-state index in [9.17, 15) is 9.59 Å². The predicted molar refractivity (Wildman–Crippen MR) is 104 cm³/mol. The molecule has 0 spiro atoms. The van der Waals surface area contributed by atoms with Gasteiger partial charge in [0.1, 0.15) is 17.2 Å². The first-order valence-corrected chi connectivity index (χ1v) is 8.67. The fourth-order valence-electron chi connectivity index (χ4n) is 2.62. The monoisotopic (exact) mass is 396 g/mol. The fraction of sp³-hybridized carbons (Fsp3) is 0.211. The first-order chi connectivity index (χ1) is 14.0. The number of aromatic nitrogens is 4. The number of anilines is 1. The Balaban J connectivity index is 1.66. The van der Waals surface area contributed by atoms with Gasteiger partial charge in [0, 0.05) is 11.3 Å². The maximum atomic E-state index is 12.3. The van der Waals surface area contributed by atoms with Gasteiger partial charge < -0.3 is 20.1 Å². The Morgan fingerprint density at radius 1 is 1.10 bits per heavy atom. The number of tetrazole rings is 1. The van der Waals surface area contributed by atoms with Gasteiger partial charge in [0.25, 0.3) is 5.91 Å². The van der Waals surface area contributed by atoms with E-state index in [0.29, 0.717) is 34.3 Å². The number of ether oxygens (including phenoxy) is 2. The van der Waals surface area contributed by atoms with Crippen LogP contribution in [0.3, 0.4) is 0 Å². The molecule has 150 valence electrons. The van der Waals surface area contributed by atoms with Crippen LogP contribution in [0.5, 0.6) is 11.5 Å². The molecule has 10 nitrogen and oxygen atoms in total. The SMILES string of the molecule is COc1cccc(C(=O)NCC(=O)Nc2ccc(OC)c(-n3nnnc3C)c2)c1. The quantitative estimate of drug-likeness (QED) is 0.618. The van der Waals surface area contributed by atoms with Crippen molar-refractivity contribution >= 4 is 17.5 Å². The summed E-state index contributed by atoms with van der Waals surface area (Å²) >= 11 is 0. The lowest BCUT2D eigenvalue weighted by Gasteiger charge is -2.12. The number of hydrogen-bond acceptors (Lipinski definition) is 7. The van der Waals surface area contributed by atoms with Crippen molar-refractivity contribution in [3.63, 3.8) is 0 Å². The normalized spacial score (nSPS) is 10.3. The van der Waals surface area contributed by atoms with Crippen molar-refractivity contribution in [2.75, 3.05) is 26.1 Å². The van der Waals surface area contributed by atoms with E-state index in [1.54, 1.807) is 49.4 Å². The van der Waals surface area contributed by atoms with E-state index >= 15 is 0 Å². The van der Waals surface area contributed by atoms with Crippen molar-refractivity contribution < 1.29 is 19.1 Å². The number of nitrogens with zero attached hydrogens (tertiary/aromatic N) is 4. The molecule has 0 saturated heterocycles. The second-order valence-corrected chi connectivity index (χ2v) is 5.99. The van der Waals surface area contributed by atoms with Crippen LogP contribution >= 0.6 is 0 Å². The highest BCUT2D eigenvalue weighted by Gasteiger charge is 2.13. The lowest BCUT2D eigenvalue weighted by atomic mass is 10.2. The van der Waals surface area contributed by atoms with E-state index in [1.807, 2.05) is 0 Å². The van der Waals surface area contributed by atoms with Gasteiger partial charge in [-0.15, -0.1) is 5.10 Å². The number of aryl methyl sites for hydroxylation is 1. The lowest BCUT2D eigenvalue weighted by Crippen LogP contribution is -2.32. The summed E-state index contributed by atoms with van der Waals surface area (Å²) in [5.41, 5.74) is 1.49. The highest BCUT2D eigenvalue weighted by atomic mass is 16.5. The molecule has 1 aromatic heterocycles. The standard InChI is InChI=1S/C19H20N6O4/c1-12-22-23-24-25(12)16-10-14(7-8-17(16)29-3)21-18(26)11-20-19(27)13-5-4-6-15(9-13)28-2/h4-10H,11H2,1-3H3,(H,20,27)(H,21,26). The molecule has 0 fully saturated rings. The summed E-state index contributed by atoms with van der Waals surface area (Å²) in [4.78, 5) is 24.5. The number of amides is 2. The average molecular weight is 396 g/mol. The first-order valence-electron chi connectivity index (χ1n) is 8.67. The van der Waals surface area contributed by atoms with E-state index in [-0.39, 0.29) is 18.4 Å². The third kappa shape index (κ3) is 4.67. The molecule has 2 aromatic carbocycles. The fourth-order valence-corrected chi connectivity index (χ4v) is 2.62. The molecule has 0 atom stereocenters. The maximum absolute atomic E-state index is 12.3. The van der Waals surface area contributed by atoms with Crippen LogP contribution in [-0.4, -0.2) is 52.8 Å². The molecule has 0 aliphatic heterocycles. The summed E-state index contributed by atoms with van der Waals surface area (Å²) in [6.45, 7) is 1.56. The Bertz CT molecular complexity index is 1030. The number of carbonyl (C=O) groups is 2. The Morgan fingerprint density at radius 3 is 2.62 bits per heavy atom. The zero-order chi connectivity index (χ0) is 20.8. The highest BCUT2D eigenvalue weighted by Crippen LogP contribution is 2.26. The summed E-state index contributed by atoms with van der Waals surface area (Å²) < 4.78 is 11.9. The molecule has 2 N–H and O–H groups in total. The smallest absolute Gasteiger partial charge is 0.251 e. The van der Waals surface area contributed by atoms with Crippen LogP contribution in [0.15, 0.2) is 42.5 Å². The number of carbonyl (C=O) groups excluding carboxylic acids is 2. The van der Waals surface area contributed by atoms with Gasteiger partial charge in [-0.05, 0) is 53.7 Å². The zero-order valence-corrected chi connectivity index (χ0v) is 16.2. The molecule has 2 amide bonds. The Labute approximate surface area is 166 Å². The molecule has 1 heterocycles. The van der Waals surface area contributed by atoms with Crippen LogP contribution < -0.4 is 20.1 Å². The van der Waals surface area contributed by atoms with Crippen LogP contribution in [0.25, 0.3) is 5.69 Å². The largest absolute Gasteiger partial charge is 0.497 e. The number of hydrogen-bond donors (Lipinski definition) is 2. The molecular formula is C19H20N6O4. The molecule has 29 heavy (non-hydrogen) atoms. The second-order valence-electron chi connectivity index (χ2n) is 5.99. The van der Waals surface area contributed by atoms with Gasteiger partial charge in [-0.3, -0.25) is 9.59 Å². The van der Waals surface area contributed by atoms with Crippen LogP contribution in [-0.2, 0) is 4.79 Å². The van der Waals surface area contributed by atoms with Gasteiger partial charge in [-0.25, -0.2) is 0 Å². The molecule has 0 bridgehead atoms. The summed E-state index contributed by atoms with van der Waals surface area (Å²) in [6, 6.07) is 11.7. The summed E-state index contributed by atoms with van der Waals surface area (Å²) in [6.07, 6.45) is 0.